The number of Topliss-reactive ketones (excluding diaryl/α,β-unsaturated/α-hetero) is 1. The number of aryl methyl sites for hydroxylation is 1. The molecule has 5 nitrogen and oxygen atoms in total. The van der Waals surface area contributed by atoms with E-state index in [0.717, 1.165) is 5.56 Å². The Kier molecular flexibility index (Phi) is 3.88. The standard InChI is InChI=1S/C15H18N2O3/c1-9(2)15(20)16-11-5-4-10(3)13(6-11)17-8-12(18)7-14(17)19/h4-6,9H,7-8H2,1-3H3,(H,16,20). The number of anilines is 2. The van der Waals surface area contributed by atoms with Gasteiger partial charge in [-0.15, -0.1) is 0 Å². The molecule has 1 aromatic rings. The fourth-order valence-corrected chi connectivity index (χ4v) is 2.07. The summed E-state index contributed by atoms with van der Waals surface area (Å²) in [5.74, 6) is -0.463. The Balaban J connectivity index is 2.27. The number of carbonyl (C=O) groups is 3. The zero-order valence-electron chi connectivity index (χ0n) is 11.9. The SMILES string of the molecule is Cc1ccc(NC(=O)C(C)C)cc1N1CC(=O)CC1=O. The van der Waals surface area contributed by atoms with Gasteiger partial charge in [-0.05, 0) is 24.6 Å². The summed E-state index contributed by atoms with van der Waals surface area (Å²) in [7, 11) is 0. The number of benzene rings is 1. The van der Waals surface area contributed by atoms with Crippen LogP contribution in [0.5, 0.6) is 0 Å². The first-order valence-electron chi connectivity index (χ1n) is 6.62. The van der Waals surface area contributed by atoms with Crippen LogP contribution in [0.25, 0.3) is 0 Å². The molecule has 0 saturated carbocycles. The van der Waals surface area contributed by atoms with E-state index in [1.54, 1.807) is 12.1 Å². The van der Waals surface area contributed by atoms with Gasteiger partial charge in [0.25, 0.3) is 0 Å². The molecule has 0 unspecified atom stereocenters. The van der Waals surface area contributed by atoms with Gasteiger partial charge in [-0.1, -0.05) is 19.9 Å². The second kappa shape index (κ2) is 5.45. The van der Waals surface area contributed by atoms with E-state index >= 15 is 0 Å². The minimum Gasteiger partial charge on any atom is -0.326 e. The molecule has 20 heavy (non-hydrogen) atoms. The number of nitrogens with one attached hydrogen (secondary N) is 1. The summed E-state index contributed by atoms with van der Waals surface area (Å²) in [5, 5.41) is 2.80. The van der Waals surface area contributed by atoms with Crippen LogP contribution in [0.2, 0.25) is 0 Å². The van der Waals surface area contributed by atoms with Crippen molar-refractivity contribution in [1.29, 1.82) is 0 Å². The molecule has 1 fully saturated rings. The van der Waals surface area contributed by atoms with Crippen molar-refractivity contribution in [3.05, 3.63) is 23.8 Å². The highest BCUT2D eigenvalue weighted by Crippen LogP contribution is 2.27. The van der Waals surface area contributed by atoms with Crippen molar-refractivity contribution in [2.24, 2.45) is 5.92 Å². The molecule has 2 amide bonds. The first-order valence-corrected chi connectivity index (χ1v) is 6.62. The first-order chi connectivity index (χ1) is 9.38. The number of nitrogens with zero attached hydrogens (tertiary/aromatic N) is 1. The Morgan fingerprint density at radius 2 is 2.00 bits per heavy atom. The maximum atomic E-state index is 11.8. The number of rotatable bonds is 3. The topological polar surface area (TPSA) is 66.5 Å². The van der Waals surface area contributed by atoms with Crippen molar-refractivity contribution >= 4 is 29.0 Å². The molecule has 106 valence electrons. The van der Waals surface area contributed by atoms with Gasteiger partial charge in [-0.3, -0.25) is 14.4 Å². The predicted molar refractivity (Wildman–Crippen MR) is 76.6 cm³/mol. The Hall–Kier alpha value is -2.17. The lowest BCUT2D eigenvalue weighted by Crippen LogP contribution is -2.25. The van der Waals surface area contributed by atoms with E-state index in [-0.39, 0.29) is 36.5 Å². The lowest BCUT2D eigenvalue weighted by molar-refractivity contribution is -0.121. The molecule has 1 aromatic carbocycles. The molecule has 1 aliphatic heterocycles. The van der Waals surface area contributed by atoms with Gasteiger partial charge in [-0.25, -0.2) is 0 Å². The predicted octanol–water partition coefficient (Wildman–Crippen LogP) is 1.90. The molecule has 1 heterocycles. The van der Waals surface area contributed by atoms with E-state index in [0.29, 0.717) is 11.4 Å². The highest BCUT2D eigenvalue weighted by Gasteiger charge is 2.29. The van der Waals surface area contributed by atoms with E-state index in [1.165, 1.54) is 4.90 Å². The van der Waals surface area contributed by atoms with Crippen LogP contribution in [0.3, 0.4) is 0 Å². The summed E-state index contributed by atoms with van der Waals surface area (Å²) in [6.45, 7) is 5.61. The zero-order valence-corrected chi connectivity index (χ0v) is 11.9. The van der Waals surface area contributed by atoms with Crippen LogP contribution >= 0.6 is 0 Å². The van der Waals surface area contributed by atoms with Gasteiger partial charge in [0.1, 0.15) is 0 Å². The summed E-state index contributed by atoms with van der Waals surface area (Å²) >= 11 is 0. The molecule has 0 aliphatic carbocycles. The lowest BCUT2D eigenvalue weighted by Gasteiger charge is -2.19. The molecule has 0 aromatic heterocycles. The maximum Gasteiger partial charge on any atom is 0.234 e. The monoisotopic (exact) mass is 274 g/mol. The van der Waals surface area contributed by atoms with Gasteiger partial charge >= 0.3 is 0 Å². The fourth-order valence-electron chi connectivity index (χ4n) is 2.07. The average molecular weight is 274 g/mol. The summed E-state index contributed by atoms with van der Waals surface area (Å²) in [6.07, 6.45) is -0.0397. The smallest absolute Gasteiger partial charge is 0.234 e. The molecular weight excluding hydrogens is 256 g/mol. The van der Waals surface area contributed by atoms with Crippen LogP contribution in [0.1, 0.15) is 25.8 Å². The Morgan fingerprint density at radius 1 is 1.30 bits per heavy atom. The fraction of sp³-hybridized carbons (Fsp3) is 0.400. The van der Waals surface area contributed by atoms with Gasteiger partial charge in [-0.2, -0.15) is 0 Å². The number of hydrogen-bond donors (Lipinski definition) is 1. The molecule has 1 saturated heterocycles. The van der Waals surface area contributed by atoms with Crippen LogP contribution in [0, 0.1) is 12.8 Å². The van der Waals surface area contributed by atoms with Gasteiger partial charge in [0.15, 0.2) is 5.78 Å². The van der Waals surface area contributed by atoms with Crippen LogP contribution in [-0.2, 0) is 14.4 Å². The second-order valence-corrected chi connectivity index (χ2v) is 5.34. The van der Waals surface area contributed by atoms with Crippen molar-refractivity contribution in [2.75, 3.05) is 16.8 Å². The second-order valence-electron chi connectivity index (χ2n) is 5.34. The third-order valence-electron chi connectivity index (χ3n) is 3.28. The van der Waals surface area contributed by atoms with Gasteiger partial charge < -0.3 is 10.2 Å². The van der Waals surface area contributed by atoms with E-state index in [9.17, 15) is 14.4 Å². The lowest BCUT2D eigenvalue weighted by atomic mass is 10.1. The molecule has 0 spiro atoms. The maximum absolute atomic E-state index is 11.8. The van der Waals surface area contributed by atoms with Crippen LogP contribution < -0.4 is 10.2 Å². The first kappa shape index (κ1) is 14.2. The van der Waals surface area contributed by atoms with Crippen LogP contribution in [-0.4, -0.2) is 24.1 Å². The average Bonchev–Trinajstić information content (AvgIpc) is 2.70. The third-order valence-corrected chi connectivity index (χ3v) is 3.28. The summed E-state index contributed by atoms with van der Waals surface area (Å²) in [4.78, 5) is 36.3. The largest absolute Gasteiger partial charge is 0.326 e. The van der Waals surface area contributed by atoms with E-state index in [4.69, 9.17) is 0 Å². The molecule has 5 heteroatoms. The van der Waals surface area contributed by atoms with Crippen molar-refractivity contribution < 1.29 is 14.4 Å². The third kappa shape index (κ3) is 2.87. The Labute approximate surface area is 118 Å². The highest BCUT2D eigenvalue weighted by atomic mass is 16.2. The van der Waals surface area contributed by atoms with Gasteiger partial charge in [0, 0.05) is 17.3 Å². The summed E-state index contributed by atoms with van der Waals surface area (Å²) in [6, 6.07) is 5.37. The number of amides is 2. The van der Waals surface area contributed by atoms with E-state index < -0.39 is 0 Å². The number of hydrogen-bond acceptors (Lipinski definition) is 3. The molecule has 0 atom stereocenters. The van der Waals surface area contributed by atoms with Crippen molar-refractivity contribution in [1.82, 2.24) is 0 Å². The quantitative estimate of drug-likeness (QED) is 0.856. The van der Waals surface area contributed by atoms with E-state index in [1.807, 2.05) is 26.8 Å². The minimum absolute atomic E-state index is 0.0397. The van der Waals surface area contributed by atoms with E-state index in [2.05, 4.69) is 5.32 Å². The van der Waals surface area contributed by atoms with Gasteiger partial charge in [0.05, 0.1) is 13.0 Å². The zero-order chi connectivity index (χ0) is 14.9. The van der Waals surface area contributed by atoms with Gasteiger partial charge in [0.2, 0.25) is 11.8 Å². The van der Waals surface area contributed by atoms with Crippen LogP contribution in [0.4, 0.5) is 11.4 Å². The van der Waals surface area contributed by atoms with Crippen LogP contribution in [0.15, 0.2) is 18.2 Å². The Morgan fingerprint density at radius 3 is 2.55 bits per heavy atom. The van der Waals surface area contributed by atoms with Crippen molar-refractivity contribution in [3.63, 3.8) is 0 Å². The van der Waals surface area contributed by atoms with Crippen molar-refractivity contribution in [3.8, 4) is 0 Å². The minimum atomic E-state index is -0.189. The molecule has 1 aliphatic rings. The molecule has 0 bridgehead atoms. The molecule has 1 N–H and O–H groups in total. The highest BCUT2D eigenvalue weighted by molar-refractivity contribution is 6.15. The molecule has 0 radical (unpaired) electrons. The summed E-state index contributed by atoms with van der Waals surface area (Å²) in [5.41, 5.74) is 2.22. The molecule has 2 rings (SSSR count). The summed E-state index contributed by atoms with van der Waals surface area (Å²) < 4.78 is 0. The molecular formula is C15H18N2O3. The normalized spacial score (nSPS) is 15.1. The number of carbonyl (C=O) groups excluding carboxylic acids is 3. The Bertz CT molecular complexity index is 578. The van der Waals surface area contributed by atoms with Crippen molar-refractivity contribution in [2.45, 2.75) is 27.2 Å². The number of ketones is 1.